The lowest BCUT2D eigenvalue weighted by molar-refractivity contribution is 0.0581. The molecule has 0 spiro atoms. The van der Waals surface area contributed by atoms with E-state index in [9.17, 15) is 33.6 Å². The van der Waals surface area contributed by atoms with E-state index in [1.807, 2.05) is 104 Å². The first-order chi connectivity index (χ1) is 39.7. The minimum atomic E-state index is -0.970. The summed E-state index contributed by atoms with van der Waals surface area (Å²) in [6.45, 7) is 5.39. The Bertz CT molecular complexity index is 3900. The fraction of sp³-hybridized carbons (Fsp3) is 0.222. The number of nitrogens with two attached hydrogens (primary N) is 2. The Labute approximate surface area is 485 Å². The van der Waals surface area contributed by atoms with Gasteiger partial charge in [0.15, 0.2) is 11.6 Å². The molecule has 7 N–H and O–H groups in total. The highest BCUT2D eigenvalue weighted by Gasteiger charge is 2.22. The number of carboxylic acids is 1. The molecule has 21 heteroatoms. The van der Waals surface area contributed by atoms with E-state index in [4.69, 9.17) is 30.8 Å². The lowest BCUT2D eigenvalue weighted by atomic mass is 10.1. The highest BCUT2D eigenvalue weighted by atomic mass is 16.6. The van der Waals surface area contributed by atoms with Gasteiger partial charge in [-0.1, -0.05) is 36.4 Å². The first kappa shape index (κ1) is 61.1. The van der Waals surface area contributed by atoms with Crippen molar-refractivity contribution >= 4 is 64.2 Å². The lowest BCUT2D eigenvalue weighted by Crippen LogP contribution is -2.27. The third-order valence-corrected chi connectivity index (χ3v) is 13.3. The fourth-order valence-corrected chi connectivity index (χ4v) is 9.13. The molecule has 0 aliphatic rings. The molecule has 84 heavy (non-hydrogen) atoms. The molecule has 2 amide bonds. The largest absolute Gasteiger partial charge is 0.477 e. The summed E-state index contributed by atoms with van der Waals surface area (Å²) in [6, 6.07) is 32.4. The molecule has 6 aromatic heterocycles. The first-order valence-corrected chi connectivity index (χ1v) is 26.3. The number of carbonyl (C=O) groups excluding carboxylic acids is 6. The number of methoxy groups -OCH3 is 2. The second-order valence-electron chi connectivity index (χ2n) is 21.0. The number of benzene rings is 3. The number of hydrogen-bond acceptors (Lipinski definition) is 12. The van der Waals surface area contributed by atoms with Crippen molar-refractivity contribution in [3.8, 4) is 33.4 Å². The summed E-state index contributed by atoms with van der Waals surface area (Å²) in [5.41, 5.74) is 23.0. The van der Waals surface area contributed by atoms with Crippen molar-refractivity contribution in [1.29, 1.82) is 0 Å². The zero-order valence-electron chi connectivity index (χ0n) is 48.6. The number of amides is 2. The van der Waals surface area contributed by atoms with Crippen LogP contribution in [0.3, 0.4) is 0 Å². The van der Waals surface area contributed by atoms with E-state index in [1.54, 1.807) is 133 Å². The van der Waals surface area contributed by atoms with Crippen LogP contribution < -0.4 is 22.1 Å². The van der Waals surface area contributed by atoms with Gasteiger partial charge in [-0.3, -0.25) is 19.7 Å². The van der Waals surface area contributed by atoms with Crippen molar-refractivity contribution in [2.75, 3.05) is 36.3 Å². The molecular formula is C63H68N10O11. The van der Waals surface area contributed by atoms with Crippen molar-refractivity contribution in [2.45, 2.75) is 39.2 Å². The molecule has 9 aromatic rings. The van der Waals surface area contributed by atoms with Gasteiger partial charge >= 0.3 is 24.0 Å². The standard InChI is InChI=1S/C26H27N5O4.C20H21N3O3.C17H20N2O4/c1-29-13-16(9-22(29)25(33)28-20-12-23(26(34)35-4)31(3)15-20)10-24(32)21-11-18(14-30(21)2)17-5-7-19(27)8-6-17;1-22-11-13(8-18(22)20(25)26-3)9-19(24)17-10-15(12-23(17)2)14-4-6-16(21)7-5-14;1-17(2,3)23-16(22)18-13-7-5-11(6-8-13)12-9-14(15(20)21)19(4)10-12/h5-9,11-15H,10,27H2,1-4H3,(H,28,33);4-8,10-12H,9,21H2,1-3H3;5-10H,1-4H3,(H,18,22)(H,20,21). The van der Waals surface area contributed by atoms with Gasteiger partial charge in [0.2, 0.25) is 0 Å². The summed E-state index contributed by atoms with van der Waals surface area (Å²) in [6.07, 6.45) is 10.6. The summed E-state index contributed by atoms with van der Waals surface area (Å²) >= 11 is 0. The predicted octanol–water partition coefficient (Wildman–Crippen LogP) is 9.98. The number of esters is 2. The van der Waals surface area contributed by atoms with Gasteiger partial charge in [0.25, 0.3) is 5.91 Å². The van der Waals surface area contributed by atoms with E-state index in [1.165, 1.54) is 14.2 Å². The molecule has 436 valence electrons. The van der Waals surface area contributed by atoms with E-state index in [0.29, 0.717) is 51.2 Å². The van der Waals surface area contributed by atoms with E-state index < -0.39 is 29.6 Å². The average molecular weight is 1140 g/mol. The van der Waals surface area contributed by atoms with E-state index in [-0.39, 0.29) is 36.0 Å². The average Bonchev–Trinajstić information content (AvgIpc) is 4.38. The Morgan fingerprint density at radius 1 is 0.440 bits per heavy atom. The summed E-state index contributed by atoms with van der Waals surface area (Å²) in [5, 5.41) is 14.5. The van der Waals surface area contributed by atoms with Crippen LogP contribution in [0.5, 0.6) is 0 Å². The molecule has 0 unspecified atom stereocenters. The molecule has 0 atom stereocenters. The molecule has 6 heterocycles. The number of carboxylic acid groups (broad SMARTS) is 1. The molecule has 0 fully saturated rings. The van der Waals surface area contributed by atoms with E-state index in [2.05, 4.69) is 10.6 Å². The number of Topliss-reactive ketones (excluding diaryl/α,β-unsaturated/α-hetero) is 2. The van der Waals surface area contributed by atoms with Crippen LogP contribution in [0.4, 0.5) is 27.5 Å². The molecule has 0 radical (unpaired) electrons. The van der Waals surface area contributed by atoms with Gasteiger partial charge in [-0.2, -0.15) is 0 Å². The topological polar surface area (TPSA) is 273 Å². The quantitative estimate of drug-likeness (QED) is 0.0277. The van der Waals surface area contributed by atoms with Gasteiger partial charge in [0.1, 0.15) is 28.4 Å². The molecule has 0 saturated carbocycles. The van der Waals surface area contributed by atoms with Gasteiger partial charge in [-0.05, 0) is 121 Å². The summed E-state index contributed by atoms with van der Waals surface area (Å²) in [7, 11) is 13.2. The number of anilines is 4. The molecule has 3 aromatic carbocycles. The Morgan fingerprint density at radius 2 is 0.810 bits per heavy atom. The number of aromatic carboxylic acids is 1. The first-order valence-electron chi connectivity index (χ1n) is 26.3. The number of ketones is 2. The zero-order chi connectivity index (χ0) is 61.3. The number of hydrogen-bond donors (Lipinski definition) is 5. The molecule has 0 aliphatic heterocycles. The number of aryl methyl sites for hydroxylation is 6. The lowest BCUT2D eigenvalue weighted by Gasteiger charge is -2.19. The molecule has 9 rings (SSSR count). The Balaban J connectivity index is 0.000000186. The Morgan fingerprint density at radius 3 is 1.23 bits per heavy atom. The van der Waals surface area contributed by atoms with Crippen LogP contribution in [0, 0.1) is 0 Å². The van der Waals surface area contributed by atoms with Crippen LogP contribution in [-0.4, -0.2) is 93.8 Å². The second-order valence-corrected chi connectivity index (χ2v) is 21.0. The summed E-state index contributed by atoms with van der Waals surface area (Å²) in [4.78, 5) is 84.9. The van der Waals surface area contributed by atoms with Crippen LogP contribution >= 0.6 is 0 Å². The number of carbonyl (C=O) groups is 7. The monoisotopic (exact) mass is 1140 g/mol. The number of nitrogens with one attached hydrogen (secondary N) is 2. The molecule has 21 nitrogen and oxygen atoms in total. The highest BCUT2D eigenvalue weighted by molar-refractivity contribution is 6.05. The van der Waals surface area contributed by atoms with E-state index >= 15 is 0 Å². The van der Waals surface area contributed by atoms with Gasteiger partial charge < -0.3 is 63.5 Å². The number of rotatable bonds is 15. The SMILES string of the molecule is COC(=O)c1cc(CC(=O)c2cc(-c3ccc(N)cc3)cn2C)cn1C.COC(=O)c1cc(NC(=O)c2cc(CC(=O)c3cc(-c4ccc(N)cc4)cn3C)cn2C)cn1C.Cn1cc(-c2ccc(NC(=O)OC(C)(C)C)cc2)cc1C(=O)O. The van der Waals surface area contributed by atoms with Gasteiger partial charge in [0.05, 0.1) is 31.3 Å². The van der Waals surface area contributed by atoms with Crippen molar-refractivity contribution in [3.63, 3.8) is 0 Å². The number of ether oxygens (including phenoxy) is 3. The molecule has 0 saturated heterocycles. The number of nitrogens with zero attached hydrogens (tertiary/aromatic N) is 6. The summed E-state index contributed by atoms with van der Waals surface area (Å²) < 4.78 is 24.8. The third-order valence-electron chi connectivity index (χ3n) is 13.3. The minimum absolute atomic E-state index is 0.0174. The summed E-state index contributed by atoms with van der Waals surface area (Å²) in [5.74, 6) is -2.31. The van der Waals surface area contributed by atoms with Crippen molar-refractivity contribution in [2.24, 2.45) is 42.3 Å². The van der Waals surface area contributed by atoms with Crippen molar-refractivity contribution in [1.82, 2.24) is 27.4 Å². The number of aromatic nitrogens is 6. The van der Waals surface area contributed by atoms with Crippen molar-refractivity contribution in [3.05, 3.63) is 192 Å². The number of nitrogen functional groups attached to an aromatic ring is 2. The van der Waals surface area contributed by atoms with Crippen LogP contribution in [0.25, 0.3) is 33.4 Å². The van der Waals surface area contributed by atoms with Gasteiger partial charge in [-0.25, -0.2) is 19.2 Å². The minimum Gasteiger partial charge on any atom is -0.477 e. The Hall–Kier alpha value is -10.6. The molecular weight excluding hydrogens is 1070 g/mol. The Kier molecular flexibility index (Phi) is 18.8. The van der Waals surface area contributed by atoms with Gasteiger partial charge in [-0.15, -0.1) is 0 Å². The fourth-order valence-electron chi connectivity index (χ4n) is 9.13. The van der Waals surface area contributed by atoms with Crippen LogP contribution in [0.2, 0.25) is 0 Å². The zero-order valence-corrected chi connectivity index (χ0v) is 48.6. The van der Waals surface area contributed by atoms with Crippen LogP contribution in [0.15, 0.2) is 146 Å². The van der Waals surface area contributed by atoms with Crippen molar-refractivity contribution < 1.29 is 52.9 Å². The normalized spacial score (nSPS) is 10.9. The molecule has 0 bridgehead atoms. The second kappa shape index (κ2) is 25.9. The smallest absolute Gasteiger partial charge is 0.412 e. The third kappa shape index (κ3) is 15.2. The highest BCUT2D eigenvalue weighted by Crippen LogP contribution is 2.28. The van der Waals surface area contributed by atoms with Crippen LogP contribution in [-0.2, 0) is 69.3 Å². The maximum absolute atomic E-state index is 13.1. The van der Waals surface area contributed by atoms with Gasteiger partial charge in [0, 0.05) is 126 Å². The predicted molar refractivity (Wildman–Crippen MR) is 321 cm³/mol. The maximum Gasteiger partial charge on any atom is 0.412 e. The maximum atomic E-state index is 13.1. The van der Waals surface area contributed by atoms with Crippen LogP contribution in [0.1, 0.15) is 94.8 Å². The van der Waals surface area contributed by atoms with E-state index in [0.717, 1.165) is 44.5 Å². The molecule has 0 aliphatic carbocycles.